The third-order valence-corrected chi connectivity index (χ3v) is 3.06. The molecule has 1 aromatic rings. The van der Waals surface area contributed by atoms with E-state index in [1.807, 2.05) is 18.7 Å². The molecular weight excluding hydrogens is 214 g/mol. The van der Waals surface area contributed by atoms with E-state index < -0.39 is 0 Å². The maximum Gasteiger partial charge on any atom is 0.216 e. The smallest absolute Gasteiger partial charge is 0.216 e. The standard InChI is InChI=1S/C13H25N3O/c1-7-13(4,5)17-12-11(9-14-8-2)10(3)15-16(12)6/h14H,7-9H2,1-6H3. The third-order valence-electron chi connectivity index (χ3n) is 3.06. The molecule has 4 nitrogen and oxygen atoms in total. The molecule has 0 radical (unpaired) electrons. The largest absolute Gasteiger partial charge is 0.472 e. The lowest BCUT2D eigenvalue weighted by molar-refractivity contribution is 0.0917. The Hall–Kier alpha value is -1.03. The second-order valence-corrected chi connectivity index (χ2v) is 4.99. The van der Waals surface area contributed by atoms with Crippen LogP contribution in [0.1, 0.15) is 45.4 Å². The number of hydrogen-bond donors (Lipinski definition) is 1. The molecule has 0 aliphatic heterocycles. The van der Waals surface area contributed by atoms with E-state index in [1.165, 1.54) is 0 Å². The molecule has 0 atom stereocenters. The monoisotopic (exact) mass is 239 g/mol. The van der Waals surface area contributed by atoms with Gasteiger partial charge in [-0.15, -0.1) is 0 Å². The van der Waals surface area contributed by atoms with Crippen LogP contribution >= 0.6 is 0 Å². The van der Waals surface area contributed by atoms with Gasteiger partial charge in [-0.3, -0.25) is 0 Å². The van der Waals surface area contributed by atoms with Crippen LogP contribution in [0.25, 0.3) is 0 Å². The van der Waals surface area contributed by atoms with Crippen LogP contribution in [-0.2, 0) is 13.6 Å². The Morgan fingerprint density at radius 3 is 2.53 bits per heavy atom. The van der Waals surface area contributed by atoms with Gasteiger partial charge in [0, 0.05) is 13.6 Å². The van der Waals surface area contributed by atoms with Crippen molar-refractivity contribution in [1.29, 1.82) is 0 Å². The zero-order chi connectivity index (χ0) is 13.1. The van der Waals surface area contributed by atoms with Crippen LogP contribution in [-0.4, -0.2) is 21.9 Å². The first-order valence-corrected chi connectivity index (χ1v) is 6.33. The summed E-state index contributed by atoms with van der Waals surface area (Å²) in [5.74, 6) is 0.885. The summed E-state index contributed by atoms with van der Waals surface area (Å²) in [4.78, 5) is 0. The first-order valence-electron chi connectivity index (χ1n) is 6.33. The third kappa shape index (κ3) is 3.46. The fourth-order valence-electron chi connectivity index (χ4n) is 1.60. The molecule has 0 unspecified atom stereocenters. The molecular formula is C13H25N3O. The van der Waals surface area contributed by atoms with Crippen LogP contribution in [0.3, 0.4) is 0 Å². The van der Waals surface area contributed by atoms with Crippen LogP contribution in [0.15, 0.2) is 0 Å². The van der Waals surface area contributed by atoms with E-state index in [2.05, 4.69) is 38.1 Å². The van der Waals surface area contributed by atoms with E-state index in [1.54, 1.807) is 0 Å². The molecule has 1 aromatic heterocycles. The summed E-state index contributed by atoms with van der Waals surface area (Å²) >= 11 is 0. The van der Waals surface area contributed by atoms with Gasteiger partial charge in [-0.25, -0.2) is 4.68 Å². The molecule has 0 spiro atoms. The Morgan fingerprint density at radius 2 is 2.00 bits per heavy atom. The predicted octanol–water partition coefficient (Wildman–Crippen LogP) is 2.41. The summed E-state index contributed by atoms with van der Waals surface area (Å²) < 4.78 is 7.92. The Morgan fingerprint density at radius 1 is 1.35 bits per heavy atom. The van der Waals surface area contributed by atoms with Crippen molar-refractivity contribution < 1.29 is 4.74 Å². The maximum absolute atomic E-state index is 6.09. The molecule has 0 aliphatic rings. The lowest BCUT2D eigenvalue weighted by Gasteiger charge is -2.25. The van der Waals surface area contributed by atoms with Crippen molar-refractivity contribution in [2.45, 2.75) is 53.2 Å². The Bertz CT molecular complexity index is 369. The molecule has 17 heavy (non-hydrogen) atoms. The molecule has 4 heteroatoms. The minimum atomic E-state index is -0.152. The van der Waals surface area contributed by atoms with Crippen molar-refractivity contribution in [2.75, 3.05) is 6.54 Å². The average molecular weight is 239 g/mol. The second kappa shape index (κ2) is 5.54. The van der Waals surface area contributed by atoms with E-state index >= 15 is 0 Å². The van der Waals surface area contributed by atoms with Crippen molar-refractivity contribution in [3.63, 3.8) is 0 Å². The molecule has 0 amide bonds. The maximum atomic E-state index is 6.09. The number of ether oxygens (including phenoxy) is 1. The fourth-order valence-corrected chi connectivity index (χ4v) is 1.60. The normalized spacial score (nSPS) is 11.9. The van der Waals surface area contributed by atoms with Gasteiger partial charge in [-0.05, 0) is 33.7 Å². The van der Waals surface area contributed by atoms with Gasteiger partial charge in [0.05, 0.1) is 11.3 Å². The molecule has 0 aliphatic carbocycles. The number of nitrogens with zero attached hydrogens (tertiary/aromatic N) is 2. The van der Waals surface area contributed by atoms with Crippen LogP contribution in [0.5, 0.6) is 5.88 Å². The molecule has 1 rings (SSSR count). The van der Waals surface area contributed by atoms with E-state index in [0.29, 0.717) is 0 Å². The highest BCUT2D eigenvalue weighted by Gasteiger charge is 2.22. The van der Waals surface area contributed by atoms with Crippen molar-refractivity contribution in [3.05, 3.63) is 11.3 Å². The molecule has 0 aromatic carbocycles. The highest BCUT2D eigenvalue weighted by molar-refractivity contribution is 5.31. The van der Waals surface area contributed by atoms with Gasteiger partial charge < -0.3 is 10.1 Å². The van der Waals surface area contributed by atoms with E-state index in [4.69, 9.17) is 4.74 Å². The highest BCUT2D eigenvalue weighted by atomic mass is 16.5. The Balaban J connectivity index is 2.96. The topological polar surface area (TPSA) is 39.1 Å². The molecule has 1 heterocycles. The summed E-state index contributed by atoms with van der Waals surface area (Å²) in [5.41, 5.74) is 2.05. The zero-order valence-corrected chi connectivity index (χ0v) is 11.9. The van der Waals surface area contributed by atoms with Gasteiger partial charge in [-0.1, -0.05) is 13.8 Å². The quantitative estimate of drug-likeness (QED) is 0.828. The van der Waals surface area contributed by atoms with Gasteiger partial charge >= 0.3 is 0 Å². The average Bonchev–Trinajstić information content (AvgIpc) is 2.51. The molecule has 0 fully saturated rings. The fraction of sp³-hybridized carbons (Fsp3) is 0.769. The molecule has 0 saturated heterocycles. The molecule has 0 bridgehead atoms. The van der Waals surface area contributed by atoms with Gasteiger partial charge in [0.15, 0.2) is 0 Å². The molecule has 98 valence electrons. The van der Waals surface area contributed by atoms with Crippen molar-refractivity contribution in [2.24, 2.45) is 7.05 Å². The molecule has 1 N–H and O–H groups in total. The number of nitrogens with one attached hydrogen (secondary N) is 1. The highest BCUT2D eigenvalue weighted by Crippen LogP contribution is 2.26. The minimum Gasteiger partial charge on any atom is -0.472 e. The van der Waals surface area contributed by atoms with Gasteiger partial charge in [0.25, 0.3) is 0 Å². The first kappa shape index (κ1) is 14.0. The summed E-state index contributed by atoms with van der Waals surface area (Å²) in [6.07, 6.45) is 0.970. The van der Waals surface area contributed by atoms with Crippen molar-refractivity contribution in [1.82, 2.24) is 15.1 Å². The zero-order valence-electron chi connectivity index (χ0n) is 11.9. The van der Waals surface area contributed by atoms with Crippen LogP contribution < -0.4 is 10.1 Å². The predicted molar refractivity (Wildman–Crippen MR) is 70.3 cm³/mol. The van der Waals surface area contributed by atoms with Gasteiger partial charge in [0.1, 0.15) is 5.60 Å². The Labute approximate surface area is 104 Å². The summed E-state index contributed by atoms with van der Waals surface area (Å²) in [6.45, 7) is 12.2. The number of hydrogen-bond acceptors (Lipinski definition) is 3. The number of aryl methyl sites for hydroxylation is 2. The summed E-state index contributed by atoms with van der Waals surface area (Å²) in [7, 11) is 1.93. The van der Waals surface area contributed by atoms with Crippen LogP contribution in [0.2, 0.25) is 0 Å². The van der Waals surface area contributed by atoms with Gasteiger partial charge in [0.2, 0.25) is 5.88 Å². The first-order chi connectivity index (χ1) is 7.91. The van der Waals surface area contributed by atoms with Crippen LogP contribution in [0.4, 0.5) is 0 Å². The van der Waals surface area contributed by atoms with E-state index in [0.717, 1.165) is 36.6 Å². The lowest BCUT2D eigenvalue weighted by atomic mass is 10.1. The summed E-state index contributed by atoms with van der Waals surface area (Å²) in [5, 5.41) is 7.76. The van der Waals surface area contributed by atoms with E-state index in [9.17, 15) is 0 Å². The van der Waals surface area contributed by atoms with Crippen LogP contribution in [0, 0.1) is 6.92 Å². The van der Waals surface area contributed by atoms with Crippen molar-refractivity contribution in [3.8, 4) is 5.88 Å². The second-order valence-electron chi connectivity index (χ2n) is 4.99. The molecule has 0 saturated carbocycles. The Kier molecular flexibility index (Phi) is 4.57. The SMILES string of the molecule is CCNCc1c(C)nn(C)c1OC(C)(C)CC. The lowest BCUT2D eigenvalue weighted by Crippen LogP contribution is -2.28. The van der Waals surface area contributed by atoms with Crippen molar-refractivity contribution >= 4 is 0 Å². The number of aromatic nitrogens is 2. The summed E-state index contributed by atoms with van der Waals surface area (Å²) in [6, 6.07) is 0. The number of rotatable bonds is 6. The minimum absolute atomic E-state index is 0.152. The van der Waals surface area contributed by atoms with E-state index in [-0.39, 0.29) is 5.60 Å². The van der Waals surface area contributed by atoms with Gasteiger partial charge in [-0.2, -0.15) is 5.10 Å².